The maximum atomic E-state index is 12.8. The number of halogens is 3. The van der Waals surface area contributed by atoms with Gasteiger partial charge < -0.3 is 4.18 Å². The van der Waals surface area contributed by atoms with Gasteiger partial charge in [-0.3, -0.25) is 0 Å². The molecular formula is C20H15F3O3S. The normalized spacial score (nSPS) is 12.0. The minimum atomic E-state index is -5.79. The topological polar surface area (TPSA) is 43.4 Å². The van der Waals surface area contributed by atoms with E-state index in [0.29, 0.717) is 11.1 Å². The predicted octanol–water partition coefficient (Wildman–Crippen LogP) is 5.56. The molecule has 0 radical (unpaired) electrons. The van der Waals surface area contributed by atoms with E-state index >= 15 is 0 Å². The van der Waals surface area contributed by atoms with E-state index in [1.807, 2.05) is 6.07 Å². The van der Waals surface area contributed by atoms with Gasteiger partial charge in [0.15, 0.2) is 5.75 Å². The first-order valence-electron chi connectivity index (χ1n) is 7.96. The Hall–Kier alpha value is -2.80. The van der Waals surface area contributed by atoms with E-state index in [2.05, 4.69) is 4.18 Å². The molecule has 27 heavy (non-hydrogen) atoms. The second-order valence-corrected chi connectivity index (χ2v) is 7.38. The lowest BCUT2D eigenvalue weighted by molar-refractivity contribution is -0.0499. The summed E-state index contributed by atoms with van der Waals surface area (Å²) in [4.78, 5) is 0. The molecule has 0 unspecified atom stereocenters. The molecule has 0 aromatic heterocycles. The van der Waals surface area contributed by atoms with Crippen molar-refractivity contribution < 1.29 is 25.8 Å². The van der Waals surface area contributed by atoms with Gasteiger partial charge in [-0.2, -0.15) is 21.6 Å². The summed E-state index contributed by atoms with van der Waals surface area (Å²) in [5, 5.41) is 0. The summed E-state index contributed by atoms with van der Waals surface area (Å²) in [7, 11) is -5.79. The zero-order chi connectivity index (χ0) is 19.7. The molecule has 0 aliphatic carbocycles. The van der Waals surface area contributed by atoms with E-state index in [-0.39, 0.29) is 11.3 Å². The first-order valence-corrected chi connectivity index (χ1v) is 9.37. The van der Waals surface area contributed by atoms with Crippen molar-refractivity contribution in [3.05, 3.63) is 78.4 Å². The monoisotopic (exact) mass is 392 g/mol. The fraction of sp³-hybridized carbons (Fsp3) is 0.100. The van der Waals surface area contributed by atoms with E-state index in [4.69, 9.17) is 0 Å². The highest BCUT2D eigenvalue weighted by Crippen LogP contribution is 2.42. The molecule has 0 aliphatic heterocycles. The Kier molecular flexibility index (Phi) is 4.97. The summed E-state index contributed by atoms with van der Waals surface area (Å²) in [6.07, 6.45) is 0. The van der Waals surface area contributed by atoms with Crippen LogP contribution in [0.4, 0.5) is 13.2 Å². The smallest absolute Gasteiger partial charge is 0.375 e. The van der Waals surface area contributed by atoms with Gasteiger partial charge in [0.05, 0.1) is 0 Å². The third-order valence-electron chi connectivity index (χ3n) is 3.98. The Morgan fingerprint density at radius 2 is 1.22 bits per heavy atom. The molecule has 3 aromatic carbocycles. The number of hydrogen-bond acceptors (Lipinski definition) is 3. The van der Waals surface area contributed by atoms with Gasteiger partial charge in [-0.15, -0.1) is 0 Å². The first-order chi connectivity index (χ1) is 12.7. The highest BCUT2D eigenvalue weighted by atomic mass is 32.2. The van der Waals surface area contributed by atoms with Crippen molar-refractivity contribution >= 4 is 10.1 Å². The Morgan fingerprint density at radius 1 is 0.741 bits per heavy atom. The summed E-state index contributed by atoms with van der Waals surface area (Å²) in [6, 6.07) is 20.4. The van der Waals surface area contributed by atoms with Crippen LogP contribution in [-0.2, 0) is 10.1 Å². The molecule has 0 fully saturated rings. The summed E-state index contributed by atoms with van der Waals surface area (Å²) in [5.41, 5.74) is -2.56. The van der Waals surface area contributed by atoms with Crippen molar-refractivity contribution in [1.82, 2.24) is 0 Å². The Morgan fingerprint density at radius 3 is 1.70 bits per heavy atom. The zero-order valence-electron chi connectivity index (χ0n) is 14.2. The van der Waals surface area contributed by atoms with Crippen LogP contribution in [0.3, 0.4) is 0 Å². The number of aryl methyl sites for hydroxylation is 1. The molecule has 0 aliphatic rings. The number of hydrogen-bond donors (Lipinski definition) is 0. The molecule has 3 aromatic rings. The molecule has 0 spiro atoms. The Bertz CT molecular complexity index is 1050. The van der Waals surface area contributed by atoms with E-state index in [1.165, 1.54) is 12.1 Å². The van der Waals surface area contributed by atoms with Crippen LogP contribution in [0, 0.1) is 6.92 Å². The van der Waals surface area contributed by atoms with Crippen LogP contribution in [0.15, 0.2) is 72.8 Å². The third-order valence-corrected chi connectivity index (χ3v) is 4.95. The maximum absolute atomic E-state index is 12.8. The quantitative estimate of drug-likeness (QED) is 0.431. The molecular weight excluding hydrogens is 377 g/mol. The van der Waals surface area contributed by atoms with E-state index < -0.39 is 15.6 Å². The minimum absolute atomic E-state index is 0.287. The molecule has 3 rings (SSSR count). The lowest BCUT2D eigenvalue weighted by Crippen LogP contribution is -2.28. The molecule has 0 atom stereocenters. The molecule has 0 saturated heterocycles. The molecule has 7 heteroatoms. The van der Waals surface area contributed by atoms with E-state index in [0.717, 1.165) is 11.1 Å². The van der Waals surface area contributed by atoms with Gasteiger partial charge >= 0.3 is 15.6 Å². The average molecular weight is 392 g/mol. The minimum Gasteiger partial charge on any atom is -0.375 e. The van der Waals surface area contributed by atoms with Gasteiger partial charge in [-0.25, -0.2) is 0 Å². The third kappa shape index (κ3) is 3.83. The van der Waals surface area contributed by atoms with Crippen LogP contribution in [0.2, 0.25) is 0 Å². The van der Waals surface area contributed by atoms with Crippen molar-refractivity contribution in [3.63, 3.8) is 0 Å². The van der Waals surface area contributed by atoms with Crippen molar-refractivity contribution in [3.8, 4) is 28.0 Å². The van der Waals surface area contributed by atoms with Crippen LogP contribution in [-0.4, -0.2) is 13.9 Å². The van der Waals surface area contributed by atoms with Crippen molar-refractivity contribution in [2.75, 3.05) is 0 Å². The molecule has 0 heterocycles. The molecule has 0 N–H and O–H groups in total. The fourth-order valence-electron chi connectivity index (χ4n) is 2.79. The molecule has 0 saturated carbocycles. The van der Waals surface area contributed by atoms with Crippen molar-refractivity contribution in [2.24, 2.45) is 0 Å². The van der Waals surface area contributed by atoms with Crippen molar-refractivity contribution in [2.45, 2.75) is 12.4 Å². The van der Waals surface area contributed by atoms with Crippen LogP contribution >= 0.6 is 0 Å². The lowest BCUT2D eigenvalue weighted by Gasteiger charge is -2.19. The van der Waals surface area contributed by atoms with Gasteiger partial charge in [0.2, 0.25) is 0 Å². The van der Waals surface area contributed by atoms with Crippen LogP contribution in [0.25, 0.3) is 22.3 Å². The first kappa shape index (κ1) is 19.0. The molecule has 0 amide bonds. The van der Waals surface area contributed by atoms with Gasteiger partial charge in [-0.1, -0.05) is 66.7 Å². The maximum Gasteiger partial charge on any atom is 0.534 e. The van der Waals surface area contributed by atoms with Crippen molar-refractivity contribution in [1.29, 1.82) is 0 Å². The van der Waals surface area contributed by atoms with Gasteiger partial charge in [0, 0.05) is 5.56 Å². The van der Waals surface area contributed by atoms with Crippen LogP contribution < -0.4 is 4.18 Å². The molecule has 3 nitrogen and oxygen atoms in total. The highest BCUT2D eigenvalue weighted by Gasteiger charge is 2.49. The number of benzene rings is 3. The zero-order valence-corrected chi connectivity index (χ0v) is 15.0. The Labute approximate surface area is 155 Å². The Balaban J connectivity index is 2.30. The standard InChI is InChI=1S/C20H15F3O3S/c1-14-12-13-17(26-27(24,25)20(21,22)23)19(16-10-6-3-7-11-16)18(14)15-8-4-2-5-9-15/h2-13H,1H3. The second-order valence-electron chi connectivity index (χ2n) is 5.85. The fourth-order valence-corrected chi connectivity index (χ4v) is 3.26. The number of alkyl halides is 3. The molecule has 0 bridgehead atoms. The van der Waals surface area contributed by atoms with Crippen LogP contribution in [0.5, 0.6) is 5.75 Å². The SMILES string of the molecule is Cc1ccc(OS(=O)(=O)C(F)(F)F)c(-c2ccccc2)c1-c1ccccc1. The van der Waals surface area contributed by atoms with E-state index in [1.54, 1.807) is 61.5 Å². The summed E-state index contributed by atoms with van der Waals surface area (Å²) < 4.78 is 66.2. The largest absolute Gasteiger partial charge is 0.534 e. The molecule has 140 valence electrons. The van der Waals surface area contributed by atoms with Gasteiger partial charge in [0.25, 0.3) is 0 Å². The summed E-state index contributed by atoms with van der Waals surface area (Å²) in [5.74, 6) is -0.372. The predicted molar refractivity (Wildman–Crippen MR) is 97.7 cm³/mol. The summed E-state index contributed by atoms with van der Waals surface area (Å²) >= 11 is 0. The summed E-state index contributed by atoms with van der Waals surface area (Å²) in [6.45, 7) is 1.80. The lowest BCUT2D eigenvalue weighted by atomic mass is 9.90. The second kappa shape index (κ2) is 7.08. The van der Waals surface area contributed by atoms with Crippen LogP contribution in [0.1, 0.15) is 5.56 Å². The number of rotatable bonds is 4. The highest BCUT2D eigenvalue weighted by molar-refractivity contribution is 7.88. The average Bonchev–Trinajstić information content (AvgIpc) is 2.63. The van der Waals surface area contributed by atoms with E-state index in [9.17, 15) is 21.6 Å². The van der Waals surface area contributed by atoms with Gasteiger partial charge in [0.1, 0.15) is 0 Å². The van der Waals surface area contributed by atoms with Gasteiger partial charge in [-0.05, 0) is 35.2 Å².